The molecule has 4 aromatic rings. The number of allylic oxidation sites excluding steroid dienone is 4. The standard InChI is InChI=1S/C17H13.C13H10.C10H15.2ClH.Zr/c1-3-12-5-7-14-11-15-8-6-13(4-2)10-17(15)16(14)9-12;1-3-7-12(8-4-1)11-13-9-5-2-6-10-13;1-8-5-6-9(7-8)10(2,3)4;;;/h3-11H,1-2H2;1-10H;6-8H,1-4H3;2*1H;/q;;;;;+2/p-2. The molecule has 1 unspecified atom stereocenters. The van der Waals surface area contributed by atoms with E-state index in [-0.39, 0.29) is 30.2 Å². The number of hydrogen-bond donors (Lipinski definition) is 0. The Morgan fingerprint density at radius 1 is 0.698 bits per heavy atom. The van der Waals surface area contributed by atoms with Crippen LogP contribution in [0, 0.1) is 11.3 Å². The number of hydrogen-bond acceptors (Lipinski definition) is 0. The molecule has 1 atom stereocenters. The molecule has 2 aliphatic carbocycles. The second-order valence-corrected chi connectivity index (χ2v) is 18.4. The molecule has 0 bridgehead atoms. The van der Waals surface area contributed by atoms with E-state index in [1.807, 2.05) is 12.2 Å². The largest absolute Gasteiger partial charge is 1.00 e. The monoisotopic (exact) mass is 678 g/mol. The van der Waals surface area contributed by atoms with Gasteiger partial charge < -0.3 is 24.8 Å². The average molecular weight is 681 g/mol. The van der Waals surface area contributed by atoms with Crippen LogP contribution in [0.3, 0.4) is 0 Å². The molecule has 0 N–H and O–H groups in total. The quantitative estimate of drug-likeness (QED) is 0.283. The minimum Gasteiger partial charge on any atom is -1.00 e. The van der Waals surface area contributed by atoms with Gasteiger partial charge in [-0.2, -0.15) is 0 Å². The fraction of sp³-hybridized carbons (Fsp3) is 0.175. The van der Waals surface area contributed by atoms with Crippen molar-refractivity contribution in [2.24, 2.45) is 11.3 Å². The average Bonchev–Trinajstić information content (AvgIpc) is 3.54. The second-order valence-electron chi connectivity index (χ2n) is 12.3. The fourth-order valence-electron chi connectivity index (χ4n) is 6.49. The van der Waals surface area contributed by atoms with Crippen molar-refractivity contribution in [1.29, 1.82) is 0 Å². The maximum absolute atomic E-state index is 4.09. The molecule has 0 aliphatic heterocycles. The molecule has 0 aromatic heterocycles. The molecule has 3 heteroatoms. The predicted octanol–water partition coefficient (Wildman–Crippen LogP) is 4.44. The SMILES string of the molecule is C=Cc1ccc2c(c1)-c1cc(C=C)ccc1[CH]2[Zr+2]([C]1=CC(C(C)(C)C)=CC1C)=[C](c1ccccc1)c1ccccc1.[Cl-].[Cl-]. The molecule has 0 fully saturated rings. The van der Waals surface area contributed by atoms with Crippen LogP contribution in [0.2, 0.25) is 0 Å². The summed E-state index contributed by atoms with van der Waals surface area (Å²) in [6.45, 7) is 17.6. The molecule has 6 rings (SSSR count). The van der Waals surface area contributed by atoms with E-state index >= 15 is 0 Å². The van der Waals surface area contributed by atoms with Crippen LogP contribution in [0.1, 0.15) is 64.7 Å². The first-order chi connectivity index (χ1) is 19.8. The first-order valence-electron chi connectivity index (χ1n) is 14.6. The van der Waals surface area contributed by atoms with Crippen LogP contribution in [0.25, 0.3) is 23.3 Å². The van der Waals surface area contributed by atoms with Crippen LogP contribution in [0.5, 0.6) is 0 Å². The third-order valence-electron chi connectivity index (χ3n) is 8.63. The Hall–Kier alpha value is -2.83. The first-order valence-corrected chi connectivity index (χ1v) is 18.5. The van der Waals surface area contributed by atoms with E-state index in [2.05, 4.69) is 150 Å². The second kappa shape index (κ2) is 13.4. The van der Waals surface area contributed by atoms with Gasteiger partial charge in [-0.05, 0) is 0 Å². The van der Waals surface area contributed by atoms with E-state index in [4.69, 9.17) is 0 Å². The Balaban J connectivity index is 0.00000212. The first kappa shape index (κ1) is 33.1. The Labute approximate surface area is 277 Å². The summed E-state index contributed by atoms with van der Waals surface area (Å²) in [5.74, 6) is 0.424. The zero-order valence-corrected chi connectivity index (χ0v) is 29.3. The molecule has 2 aliphatic rings. The Bertz CT molecular complexity index is 1650. The summed E-state index contributed by atoms with van der Waals surface area (Å²) in [4.78, 5) is 0. The molecule has 0 heterocycles. The molecule has 0 saturated heterocycles. The number of benzene rings is 4. The van der Waals surface area contributed by atoms with Gasteiger partial charge in [-0.1, -0.05) is 0 Å². The van der Waals surface area contributed by atoms with Gasteiger partial charge in [-0.25, -0.2) is 0 Å². The van der Waals surface area contributed by atoms with Gasteiger partial charge in [0, 0.05) is 0 Å². The summed E-state index contributed by atoms with van der Waals surface area (Å²) >= 11 is -2.79. The molecule has 4 aromatic carbocycles. The normalized spacial score (nSPS) is 15.0. The van der Waals surface area contributed by atoms with Crippen molar-refractivity contribution in [3.05, 3.63) is 165 Å². The van der Waals surface area contributed by atoms with Gasteiger partial charge in [0.25, 0.3) is 0 Å². The summed E-state index contributed by atoms with van der Waals surface area (Å²) in [5, 5.41) is 0. The van der Waals surface area contributed by atoms with Gasteiger partial charge in [0.1, 0.15) is 0 Å². The molecular formula is C40H38Cl2Zr. The van der Waals surface area contributed by atoms with E-state index < -0.39 is 21.3 Å². The predicted molar refractivity (Wildman–Crippen MR) is 175 cm³/mol. The van der Waals surface area contributed by atoms with Crippen LogP contribution in [0.15, 0.2) is 131 Å². The summed E-state index contributed by atoms with van der Waals surface area (Å²) in [6, 6.07) is 36.4. The van der Waals surface area contributed by atoms with Gasteiger partial charge in [0.05, 0.1) is 0 Å². The summed E-state index contributed by atoms with van der Waals surface area (Å²) in [7, 11) is 0. The van der Waals surface area contributed by atoms with Crippen LogP contribution in [0.4, 0.5) is 0 Å². The molecular weight excluding hydrogens is 643 g/mol. The van der Waals surface area contributed by atoms with E-state index in [1.165, 1.54) is 50.1 Å². The minimum absolute atomic E-state index is 0. The maximum atomic E-state index is 4.09. The zero-order valence-electron chi connectivity index (χ0n) is 25.4. The van der Waals surface area contributed by atoms with E-state index in [9.17, 15) is 0 Å². The van der Waals surface area contributed by atoms with Crippen molar-refractivity contribution in [3.63, 3.8) is 0 Å². The fourth-order valence-corrected chi connectivity index (χ4v) is 16.0. The molecule has 43 heavy (non-hydrogen) atoms. The molecule has 0 spiro atoms. The van der Waals surface area contributed by atoms with E-state index in [0.29, 0.717) is 9.54 Å². The molecule has 216 valence electrons. The van der Waals surface area contributed by atoms with Gasteiger partial charge >= 0.3 is 255 Å². The summed E-state index contributed by atoms with van der Waals surface area (Å²) < 4.78 is 3.64. The van der Waals surface area contributed by atoms with Crippen LogP contribution in [-0.2, 0) is 21.3 Å². The van der Waals surface area contributed by atoms with Crippen molar-refractivity contribution in [2.75, 3.05) is 0 Å². The number of rotatable bonds is 6. The third kappa shape index (κ3) is 6.24. The molecule has 0 radical (unpaired) electrons. The molecule has 0 saturated carbocycles. The van der Waals surface area contributed by atoms with Gasteiger partial charge in [-0.15, -0.1) is 0 Å². The smallest absolute Gasteiger partial charge is 1.00 e. The topological polar surface area (TPSA) is 0 Å². The van der Waals surface area contributed by atoms with Gasteiger partial charge in [0.15, 0.2) is 0 Å². The van der Waals surface area contributed by atoms with Crippen LogP contribution < -0.4 is 24.8 Å². The molecule has 0 nitrogen and oxygen atoms in total. The van der Waals surface area contributed by atoms with Crippen molar-refractivity contribution in [3.8, 4) is 11.1 Å². The zero-order chi connectivity index (χ0) is 28.7. The summed E-state index contributed by atoms with van der Waals surface area (Å²) in [5.41, 5.74) is 12.3. The van der Waals surface area contributed by atoms with E-state index in [1.54, 1.807) is 6.49 Å². The third-order valence-corrected chi connectivity index (χ3v) is 17.3. The number of fused-ring (bicyclic) bond motifs is 3. The summed E-state index contributed by atoms with van der Waals surface area (Å²) in [6.07, 6.45) is 9.09. The van der Waals surface area contributed by atoms with Gasteiger partial charge in [-0.3, -0.25) is 0 Å². The Kier molecular flexibility index (Phi) is 10.3. The van der Waals surface area contributed by atoms with Crippen LogP contribution in [-0.4, -0.2) is 3.21 Å². The van der Waals surface area contributed by atoms with E-state index in [0.717, 1.165) is 0 Å². The van der Waals surface area contributed by atoms with Crippen molar-refractivity contribution >= 4 is 15.4 Å². The van der Waals surface area contributed by atoms with Gasteiger partial charge in [0.2, 0.25) is 0 Å². The Morgan fingerprint density at radius 3 is 1.56 bits per heavy atom. The van der Waals surface area contributed by atoms with Crippen molar-refractivity contribution in [2.45, 2.75) is 31.3 Å². The Morgan fingerprint density at radius 2 is 1.16 bits per heavy atom. The van der Waals surface area contributed by atoms with Crippen molar-refractivity contribution in [1.82, 2.24) is 0 Å². The van der Waals surface area contributed by atoms with Crippen LogP contribution >= 0.6 is 0 Å². The maximum Gasteiger partial charge on any atom is -1.00 e. The molecule has 0 amide bonds. The van der Waals surface area contributed by atoms with Crippen molar-refractivity contribution < 1.29 is 46.1 Å². The number of halogens is 2. The minimum atomic E-state index is -2.79.